The molecule has 0 saturated carbocycles. The minimum absolute atomic E-state index is 0.471. The summed E-state index contributed by atoms with van der Waals surface area (Å²) in [6.45, 7) is 0. The Morgan fingerprint density at radius 1 is 1.17 bits per heavy atom. The van der Waals surface area contributed by atoms with Gasteiger partial charge in [-0.05, 0) is 36.5 Å². The van der Waals surface area contributed by atoms with Gasteiger partial charge in [-0.2, -0.15) is 0 Å². The molecule has 2 aromatic rings. The van der Waals surface area contributed by atoms with Crippen molar-refractivity contribution in [1.29, 1.82) is 0 Å². The van der Waals surface area contributed by atoms with Crippen molar-refractivity contribution < 1.29 is 0 Å². The second-order valence-corrected chi connectivity index (χ2v) is 5.31. The number of aromatic nitrogens is 2. The molecular weight excluding hydrogens is 288 g/mol. The summed E-state index contributed by atoms with van der Waals surface area (Å²) in [6.07, 6.45) is 5.24. The number of benzene rings is 1. The summed E-state index contributed by atoms with van der Waals surface area (Å²) in [7, 11) is 0. The Hall–Kier alpha value is -1.22. The summed E-state index contributed by atoms with van der Waals surface area (Å²) >= 11 is 3.45. The first-order valence-corrected chi connectivity index (χ1v) is 7.43. The van der Waals surface area contributed by atoms with Crippen LogP contribution in [-0.2, 0) is 18.2 Å². The van der Waals surface area contributed by atoms with E-state index >= 15 is 0 Å². The van der Waals surface area contributed by atoms with Gasteiger partial charge in [0.1, 0.15) is 5.82 Å². The van der Waals surface area contributed by atoms with Crippen LogP contribution < -0.4 is 0 Å². The molecule has 0 saturated heterocycles. The molecule has 1 atom stereocenters. The van der Waals surface area contributed by atoms with E-state index in [9.17, 15) is 0 Å². The van der Waals surface area contributed by atoms with Crippen molar-refractivity contribution >= 4 is 15.9 Å². The molecule has 1 aromatic heterocycles. The van der Waals surface area contributed by atoms with E-state index in [-0.39, 0.29) is 0 Å². The number of hydrogen-bond donors (Lipinski definition) is 0. The Morgan fingerprint density at radius 3 is 2.83 bits per heavy atom. The van der Waals surface area contributed by atoms with Gasteiger partial charge in [-0.15, -0.1) is 0 Å². The first kappa shape index (κ1) is 11.8. The van der Waals surface area contributed by atoms with Crippen LogP contribution in [0.5, 0.6) is 0 Å². The number of fused-ring (bicyclic) bond motifs is 1. The molecule has 0 fully saturated rings. The lowest BCUT2D eigenvalue weighted by Gasteiger charge is -2.23. The number of aryl methyl sites for hydroxylation is 1. The lowest BCUT2D eigenvalue weighted by Crippen LogP contribution is -2.15. The molecule has 1 aliphatic rings. The van der Waals surface area contributed by atoms with E-state index in [0.717, 1.165) is 36.1 Å². The predicted octanol–water partition coefficient (Wildman–Crippen LogP) is 3.64. The summed E-state index contributed by atoms with van der Waals surface area (Å²) in [5, 5.41) is 0.797. The van der Waals surface area contributed by atoms with E-state index in [1.165, 1.54) is 11.1 Å². The quantitative estimate of drug-likeness (QED) is 0.792. The Labute approximate surface area is 116 Å². The van der Waals surface area contributed by atoms with Gasteiger partial charge >= 0.3 is 0 Å². The van der Waals surface area contributed by atoms with Crippen molar-refractivity contribution in [3.8, 4) is 0 Å². The normalized spacial score (nSPS) is 18.4. The van der Waals surface area contributed by atoms with Crippen molar-refractivity contribution in [2.75, 3.05) is 0 Å². The fourth-order valence-electron chi connectivity index (χ4n) is 2.60. The summed E-state index contributed by atoms with van der Waals surface area (Å²) in [4.78, 5) is 9.08. The molecule has 0 amide bonds. The highest BCUT2D eigenvalue weighted by Crippen LogP contribution is 2.30. The molecule has 0 bridgehead atoms. The van der Waals surface area contributed by atoms with Gasteiger partial charge in [0.25, 0.3) is 0 Å². The minimum atomic E-state index is 0.471. The second-order valence-electron chi connectivity index (χ2n) is 4.75. The lowest BCUT2D eigenvalue weighted by molar-refractivity contribution is 0.553. The first-order valence-electron chi connectivity index (χ1n) is 6.31. The third-order valence-electron chi connectivity index (χ3n) is 3.58. The maximum Gasteiger partial charge on any atom is 0.131 e. The molecule has 0 radical (unpaired) electrons. The monoisotopic (exact) mass is 302 g/mol. The van der Waals surface area contributed by atoms with Gasteiger partial charge in [-0.1, -0.05) is 40.2 Å². The van der Waals surface area contributed by atoms with Crippen LogP contribution in [0.25, 0.3) is 0 Å². The van der Waals surface area contributed by atoms with E-state index in [1.54, 1.807) is 0 Å². The highest BCUT2D eigenvalue weighted by Gasteiger charge is 2.21. The third kappa shape index (κ3) is 2.32. The maximum absolute atomic E-state index is 4.63. The van der Waals surface area contributed by atoms with Crippen LogP contribution >= 0.6 is 15.9 Å². The van der Waals surface area contributed by atoms with Crippen molar-refractivity contribution in [2.24, 2.45) is 0 Å². The number of halogens is 1. The molecule has 1 aliphatic carbocycles. The fraction of sp³-hybridized carbons (Fsp3) is 0.333. The van der Waals surface area contributed by atoms with E-state index in [1.807, 2.05) is 12.3 Å². The van der Waals surface area contributed by atoms with Gasteiger partial charge in [0.05, 0.1) is 5.69 Å². The second kappa shape index (κ2) is 5.19. The van der Waals surface area contributed by atoms with Gasteiger partial charge in [0, 0.05) is 17.4 Å². The van der Waals surface area contributed by atoms with Gasteiger partial charge in [0.2, 0.25) is 0 Å². The van der Waals surface area contributed by atoms with Gasteiger partial charge < -0.3 is 0 Å². The number of nitrogens with zero attached hydrogens (tertiary/aromatic N) is 2. The summed E-state index contributed by atoms with van der Waals surface area (Å²) < 4.78 is 0. The zero-order valence-corrected chi connectivity index (χ0v) is 11.7. The predicted molar refractivity (Wildman–Crippen MR) is 75.9 cm³/mol. The minimum Gasteiger partial charge on any atom is -0.241 e. The zero-order valence-electron chi connectivity index (χ0n) is 10.1. The van der Waals surface area contributed by atoms with Crippen LogP contribution in [0.2, 0.25) is 0 Å². The lowest BCUT2D eigenvalue weighted by atomic mass is 9.83. The Bertz CT molecular complexity index is 554. The Kier molecular flexibility index (Phi) is 3.41. The Balaban J connectivity index is 1.87. The van der Waals surface area contributed by atoms with E-state index < -0.39 is 0 Å². The molecule has 1 unspecified atom stereocenters. The van der Waals surface area contributed by atoms with Crippen molar-refractivity contribution in [3.63, 3.8) is 0 Å². The first-order chi connectivity index (χ1) is 8.86. The van der Waals surface area contributed by atoms with Gasteiger partial charge in [0.15, 0.2) is 0 Å². The molecule has 0 aliphatic heterocycles. The maximum atomic E-state index is 4.63. The molecule has 1 aromatic carbocycles. The number of hydrogen-bond acceptors (Lipinski definition) is 2. The summed E-state index contributed by atoms with van der Waals surface area (Å²) in [5.74, 6) is 1.47. The molecular formula is C15H15BrN2. The van der Waals surface area contributed by atoms with Gasteiger partial charge in [-0.25, -0.2) is 9.97 Å². The van der Waals surface area contributed by atoms with E-state index in [2.05, 4.69) is 50.2 Å². The fourth-order valence-corrected chi connectivity index (χ4v) is 2.91. The summed E-state index contributed by atoms with van der Waals surface area (Å²) in [6, 6.07) is 10.7. The average Bonchev–Trinajstić information content (AvgIpc) is 2.47. The SMILES string of the molecule is BrCc1ccnc(C2CCc3ccccc3C2)n1. The van der Waals surface area contributed by atoms with Crippen LogP contribution in [0.1, 0.15) is 35.0 Å². The molecule has 18 heavy (non-hydrogen) atoms. The molecule has 1 heterocycles. The highest BCUT2D eigenvalue weighted by molar-refractivity contribution is 9.08. The van der Waals surface area contributed by atoms with E-state index in [4.69, 9.17) is 0 Å². The van der Waals surface area contributed by atoms with Gasteiger partial charge in [-0.3, -0.25) is 0 Å². The van der Waals surface area contributed by atoms with Crippen molar-refractivity contribution in [3.05, 3.63) is 59.2 Å². The molecule has 3 rings (SSSR count). The van der Waals surface area contributed by atoms with Crippen LogP contribution in [-0.4, -0.2) is 9.97 Å². The molecule has 2 nitrogen and oxygen atoms in total. The molecule has 3 heteroatoms. The Morgan fingerprint density at radius 2 is 2.00 bits per heavy atom. The number of alkyl halides is 1. The zero-order chi connectivity index (χ0) is 12.4. The van der Waals surface area contributed by atoms with Crippen LogP contribution in [0.4, 0.5) is 0 Å². The molecule has 92 valence electrons. The number of rotatable bonds is 2. The summed E-state index contributed by atoms with van der Waals surface area (Å²) in [5.41, 5.74) is 4.02. The van der Waals surface area contributed by atoms with Crippen molar-refractivity contribution in [2.45, 2.75) is 30.5 Å². The largest absolute Gasteiger partial charge is 0.241 e. The van der Waals surface area contributed by atoms with Crippen LogP contribution in [0, 0.1) is 0 Å². The van der Waals surface area contributed by atoms with Crippen LogP contribution in [0.3, 0.4) is 0 Å². The average molecular weight is 303 g/mol. The molecule has 0 spiro atoms. The topological polar surface area (TPSA) is 25.8 Å². The standard InChI is InChI=1S/C15H15BrN2/c16-10-14-7-8-17-15(18-14)13-6-5-11-3-1-2-4-12(11)9-13/h1-4,7-8,13H,5-6,9-10H2. The highest BCUT2D eigenvalue weighted by atomic mass is 79.9. The third-order valence-corrected chi connectivity index (χ3v) is 4.16. The molecule has 0 N–H and O–H groups in total. The smallest absolute Gasteiger partial charge is 0.131 e. The van der Waals surface area contributed by atoms with Crippen LogP contribution in [0.15, 0.2) is 36.5 Å². The van der Waals surface area contributed by atoms with E-state index in [0.29, 0.717) is 5.92 Å². The van der Waals surface area contributed by atoms with Crippen molar-refractivity contribution in [1.82, 2.24) is 9.97 Å².